The van der Waals surface area contributed by atoms with E-state index in [1.54, 1.807) is 0 Å². The first-order valence-corrected chi connectivity index (χ1v) is 10.2. The van der Waals surface area contributed by atoms with Crippen LogP contribution in [0.5, 0.6) is 5.75 Å². The molecule has 2 aromatic carbocycles. The van der Waals surface area contributed by atoms with Gasteiger partial charge in [-0.3, -0.25) is 4.79 Å². The smallest absolute Gasteiger partial charge is 0.311 e. The summed E-state index contributed by atoms with van der Waals surface area (Å²) in [6.07, 6.45) is 0.197. The molecule has 0 spiro atoms. The van der Waals surface area contributed by atoms with Gasteiger partial charge in [-0.05, 0) is 30.2 Å². The number of fused-ring (bicyclic) bond motifs is 1. The number of benzene rings is 2. The topological polar surface area (TPSA) is 83.6 Å². The monoisotopic (exact) mass is 410 g/mol. The van der Waals surface area contributed by atoms with E-state index in [4.69, 9.17) is 9.47 Å². The highest BCUT2D eigenvalue weighted by Crippen LogP contribution is 2.27. The highest BCUT2D eigenvalue weighted by molar-refractivity contribution is 5.87. The van der Waals surface area contributed by atoms with Crippen LogP contribution in [-0.2, 0) is 22.4 Å². The van der Waals surface area contributed by atoms with Crippen LogP contribution in [0.4, 0.5) is 0 Å². The molecule has 0 radical (unpaired) electrons. The van der Waals surface area contributed by atoms with Gasteiger partial charge in [0, 0.05) is 28.7 Å². The number of aliphatic hydroxyl groups is 1. The minimum atomic E-state index is -0.684. The third-order valence-corrected chi connectivity index (χ3v) is 4.96. The van der Waals surface area contributed by atoms with Gasteiger partial charge >= 0.3 is 5.97 Å². The molecule has 0 fully saturated rings. The second-order valence-electron chi connectivity index (χ2n) is 7.76. The maximum Gasteiger partial charge on any atom is 0.311 e. The molecule has 3 aromatic rings. The van der Waals surface area contributed by atoms with E-state index in [0.29, 0.717) is 12.2 Å². The van der Waals surface area contributed by atoms with Crippen molar-refractivity contribution in [2.45, 2.75) is 44.9 Å². The second kappa shape index (κ2) is 10.3. The van der Waals surface area contributed by atoms with Crippen LogP contribution in [0.1, 0.15) is 25.1 Å². The number of ether oxygens (including phenoxy) is 2. The summed E-state index contributed by atoms with van der Waals surface area (Å²) in [5, 5.41) is 15.2. The van der Waals surface area contributed by atoms with Gasteiger partial charge in [-0.2, -0.15) is 0 Å². The first-order valence-electron chi connectivity index (χ1n) is 10.2. The number of hydrogen-bond acceptors (Lipinski definition) is 5. The molecule has 6 nitrogen and oxygen atoms in total. The van der Waals surface area contributed by atoms with Crippen molar-refractivity contribution in [3.8, 4) is 5.75 Å². The molecular formula is C24H30N2O4. The number of esters is 1. The number of carbonyl (C=O) groups excluding carboxylic acids is 1. The number of carbonyl (C=O) groups is 1. The molecule has 6 heteroatoms. The third kappa shape index (κ3) is 5.84. The van der Waals surface area contributed by atoms with E-state index in [1.165, 1.54) is 7.11 Å². The van der Waals surface area contributed by atoms with Gasteiger partial charge in [-0.1, -0.05) is 50.2 Å². The Bertz CT molecular complexity index is 952. The van der Waals surface area contributed by atoms with Crippen LogP contribution in [0.3, 0.4) is 0 Å². The molecule has 0 saturated heterocycles. The van der Waals surface area contributed by atoms with Crippen molar-refractivity contribution in [1.29, 1.82) is 0 Å². The van der Waals surface area contributed by atoms with Crippen molar-refractivity contribution >= 4 is 16.9 Å². The van der Waals surface area contributed by atoms with Crippen molar-refractivity contribution in [3.63, 3.8) is 0 Å². The fourth-order valence-corrected chi connectivity index (χ4v) is 3.53. The molecular weight excluding hydrogens is 380 g/mol. The lowest BCUT2D eigenvalue weighted by Gasteiger charge is -2.26. The van der Waals surface area contributed by atoms with Crippen LogP contribution in [0.15, 0.2) is 54.6 Å². The van der Waals surface area contributed by atoms with Crippen LogP contribution in [0.2, 0.25) is 0 Å². The molecule has 0 aliphatic carbocycles. The molecule has 1 heterocycles. The van der Waals surface area contributed by atoms with Crippen molar-refractivity contribution in [3.05, 3.63) is 65.9 Å². The largest absolute Gasteiger partial charge is 0.490 e. The summed E-state index contributed by atoms with van der Waals surface area (Å²) in [6, 6.07) is 17.8. The SMILES string of the molecule is COC(=O)Cc1cc2c(OCC(O)C(Cc3ccccc3)NC(C)C)cccc2[nH]1. The number of methoxy groups -OCH3 is 1. The second-order valence-corrected chi connectivity index (χ2v) is 7.76. The first-order chi connectivity index (χ1) is 14.5. The average molecular weight is 411 g/mol. The standard InChI is InChI=1S/C24H30N2O4/c1-16(2)25-21(12-17-8-5-4-6-9-17)22(27)15-30-23-11-7-10-20-19(23)13-18(26-20)14-24(28)29-3/h4-11,13,16,21-22,25-27H,12,14-15H2,1-3H3. The summed E-state index contributed by atoms with van der Waals surface area (Å²) in [6.45, 7) is 4.29. The Balaban J connectivity index is 1.70. The van der Waals surface area contributed by atoms with E-state index >= 15 is 0 Å². The molecule has 2 atom stereocenters. The molecule has 0 amide bonds. The summed E-state index contributed by atoms with van der Waals surface area (Å²) < 4.78 is 10.7. The van der Waals surface area contributed by atoms with Gasteiger partial charge in [0.05, 0.1) is 13.5 Å². The summed E-state index contributed by atoms with van der Waals surface area (Å²) in [4.78, 5) is 14.8. The lowest BCUT2D eigenvalue weighted by Crippen LogP contribution is -2.47. The van der Waals surface area contributed by atoms with Crippen LogP contribution in [0, 0.1) is 0 Å². The average Bonchev–Trinajstić information content (AvgIpc) is 3.14. The van der Waals surface area contributed by atoms with E-state index in [9.17, 15) is 9.90 Å². The van der Waals surface area contributed by atoms with Gasteiger partial charge in [0.2, 0.25) is 0 Å². The normalized spacial score (nSPS) is 13.4. The summed E-state index contributed by atoms with van der Waals surface area (Å²) in [5.74, 6) is 0.366. The number of aromatic amines is 1. The molecule has 3 N–H and O–H groups in total. The number of rotatable bonds is 10. The Morgan fingerprint density at radius 2 is 1.90 bits per heavy atom. The minimum absolute atomic E-state index is 0.132. The molecule has 3 rings (SSSR count). The number of hydrogen-bond donors (Lipinski definition) is 3. The van der Waals surface area contributed by atoms with E-state index in [-0.39, 0.29) is 31.1 Å². The number of aromatic nitrogens is 1. The van der Waals surface area contributed by atoms with Crippen LogP contribution < -0.4 is 10.1 Å². The first kappa shape index (κ1) is 21.9. The van der Waals surface area contributed by atoms with Crippen LogP contribution >= 0.6 is 0 Å². The minimum Gasteiger partial charge on any atom is -0.490 e. The predicted octanol–water partition coefficient (Wildman–Crippen LogP) is 3.23. The number of nitrogens with one attached hydrogen (secondary N) is 2. The number of aliphatic hydroxyl groups excluding tert-OH is 1. The van der Waals surface area contributed by atoms with Gasteiger partial charge in [-0.25, -0.2) is 0 Å². The summed E-state index contributed by atoms with van der Waals surface area (Å²) >= 11 is 0. The highest BCUT2D eigenvalue weighted by Gasteiger charge is 2.21. The van der Waals surface area contributed by atoms with Crippen molar-refractivity contribution in [2.75, 3.05) is 13.7 Å². The zero-order valence-electron chi connectivity index (χ0n) is 17.7. The van der Waals surface area contributed by atoms with E-state index in [0.717, 1.165) is 22.2 Å². The maximum absolute atomic E-state index is 11.6. The quantitative estimate of drug-likeness (QED) is 0.447. The van der Waals surface area contributed by atoms with Gasteiger partial charge in [0.1, 0.15) is 18.5 Å². The zero-order chi connectivity index (χ0) is 21.5. The Morgan fingerprint density at radius 3 is 2.60 bits per heavy atom. The molecule has 1 aromatic heterocycles. The Hall–Kier alpha value is -2.83. The Morgan fingerprint density at radius 1 is 1.13 bits per heavy atom. The third-order valence-electron chi connectivity index (χ3n) is 4.96. The molecule has 0 bridgehead atoms. The molecule has 0 aliphatic rings. The van der Waals surface area contributed by atoms with Gasteiger partial charge in [0.15, 0.2) is 0 Å². The summed E-state index contributed by atoms with van der Waals surface area (Å²) in [5.41, 5.74) is 2.80. The highest BCUT2D eigenvalue weighted by atomic mass is 16.5. The number of H-pyrrole nitrogens is 1. The lowest BCUT2D eigenvalue weighted by atomic mass is 10.0. The van der Waals surface area contributed by atoms with Crippen molar-refractivity contribution in [1.82, 2.24) is 10.3 Å². The molecule has 2 unspecified atom stereocenters. The van der Waals surface area contributed by atoms with Crippen LogP contribution in [-0.4, -0.2) is 48.0 Å². The Kier molecular flexibility index (Phi) is 7.49. The van der Waals surface area contributed by atoms with E-state index < -0.39 is 6.10 Å². The van der Waals surface area contributed by atoms with E-state index in [1.807, 2.05) is 42.5 Å². The van der Waals surface area contributed by atoms with Gasteiger partial charge in [-0.15, -0.1) is 0 Å². The maximum atomic E-state index is 11.6. The summed E-state index contributed by atoms with van der Waals surface area (Å²) in [7, 11) is 1.37. The van der Waals surface area contributed by atoms with Crippen LogP contribution in [0.25, 0.3) is 10.9 Å². The van der Waals surface area contributed by atoms with E-state index in [2.05, 4.69) is 36.3 Å². The fourth-order valence-electron chi connectivity index (χ4n) is 3.53. The predicted molar refractivity (Wildman–Crippen MR) is 118 cm³/mol. The fraction of sp³-hybridized carbons (Fsp3) is 0.375. The zero-order valence-corrected chi connectivity index (χ0v) is 17.7. The molecule has 160 valence electrons. The van der Waals surface area contributed by atoms with Gasteiger partial charge < -0.3 is 24.9 Å². The Labute approximate surface area is 177 Å². The molecule has 0 saturated carbocycles. The van der Waals surface area contributed by atoms with Crippen molar-refractivity contribution < 1.29 is 19.4 Å². The lowest BCUT2D eigenvalue weighted by molar-refractivity contribution is -0.139. The molecule has 30 heavy (non-hydrogen) atoms. The van der Waals surface area contributed by atoms with Gasteiger partial charge in [0.25, 0.3) is 0 Å². The molecule has 0 aliphatic heterocycles. The van der Waals surface area contributed by atoms with Crippen molar-refractivity contribution in [2.24, 2.45) is 0 Å².